The van der Waals surface area contributed by atoms with Crippen LogP contribution in [0, 0.1) is 0 Å². The molecule has 30 heavy (non-hydrogen) atoms. The second-order valence-corrected chi connectivity index (χ2v) is 9.11. The number of ether oxygens (including phenoxy) is 1. The van der Waals surface area contributed by atoms with E-state index in [1.807, 2.05) is 56.0 Å². The van der Waals surface area contributed by atoms with Gasteiger partial charge in [-0.25, -0.2) is 4.98 Å². The van der Waals surface area contributed by atoms with Crippen LogP contribution in [0.2, 0.25) is 5.02 Å². The minimum absolute atomic E-state index is 0.0418. The van der Waals surface area contributed by atoms with Crippen LogP contribution in [-0.4, -0.2) is 37.3 Å². The molecule has 0 unspecified atom stereocenters. The zero-order chi connectivity index (χ0) is 21.6. The third-order valence-electron chi connectivity index (χ3n) is 4.32. The summed E-state index contributed by atoms with van der Waals surface area (Å²) in [6, 6.07) is 17.1. The summed E-state index contributed by atoms with van der Waals surface area (Å²) in [5.74, 6) is 1.60. The summed E-state index contributed by atoms with van der Waals surface area (Å²) in [6.07, 6.45) is 0. The summed E-state index contributed by atoms with van der Waals surface area (Å²) in [5.41, 5.74) is 0.815. The van der Waals surface area contributed by atoms with Gasteiger partial charge in [0.15, 0.2) is 5.82 Å². The van der Waals surface area contributed by atoms with Gasteiger partial charge in [-0.3, -0.25) is 9.89 Å². The molecule has 158 valence electrons. The molecule has 0 atom stereocenters. The number of nitrogens with one attached hydrogen (secondary N) is 1. The Labute approximate surface area is 186 Å². The zero-order valence-corrected chi connectivity index (χ0v) is 18.8. The molecule has 0 saturated carbocycles. The van der Waals surface area contributed by atoms with Crippen molar-refractivity contribution in [2.75, 3.05) is 5.75 Å². The van der Waals surface area contributed by atoms with Crippen LogP contribution in [0.15, 0.2) is 59.8 Å². The number of benzene rings is 2. The SMILES string of the molecule is CC(C)(C)N(Cc1ccccc1)C(=O)CSc1n[nH]c(COc2ccc(Cl)cc2)n1. The Morgan fingerprint density at radius 2 is 1.83 bits per heavy atom. The highest BCUT2D eigenvalue weighted by atomic mass is 35.5. The van der Waals surface area contributed by atoms with E-state index >= 15 is 0 Å². The number of aromatic nitrogens is 3. The normalized spacial score (nSPS) is 11.3. The third kappa shape index (κ3) is 6.50. The van der Waals surface area contributed by atoms with Gasteiger partial charge < -0.3 is 9.64 Å². The van der Waals surface area contributed by atoms with Crippen LogP contribution < -0.4 is 4.74 Å². The van der Waals surface area contributed by atoms with Crippen LogP contribution in [0.25, 0.3) is 0 Å². The highest BCUT2D eigenvalue weighted by Gasteiger charge is 2.26. The van der Waals surface area contributed by atoms with E-state index in [-0.39, 0.29) is 23.8 Å². The Balaban J connectivity index is 1.54. The molecule has 6 nitrogen and oxygen atoms in total. The molecule has 0 radical (unpaired) electrons. The number of nitrogens with zero attached hydrogens (tertiary/aromatic N) is 3. The van der Waals surface area contributed by atoms with Crippen molar-refractivity contribution in [2.24, 2.45) is 0 Å². The molecule has 0 saturated heterocycles. The molecule has 0 aliphatic carbocycles. The van der Waals surface area contributed by atoms with Crippen molar-refractivity contribution >= 4 is 29.3 Å². The molecular weight excluding hydrogens is 420 g/mol. The van der Waals surface area contributed by atoms with Gasteiger partial charge in [-0.2, -0.15) is 0 Å². The number of thioether (sulfide) groups is 1. The average Bonchev–Trinajstić information content (AvgIpc) is 3.18. The van der Waals surface area contributed by atoms with Gasteiger partial charge >= 0.3 is 0 Å². The Kier molecular flexibility index (Phi) is 7.39. The largest absolute Gasteiger partial charge is 0.486 e. The molecule has 0 spiro atoms. The van der Waals surface area contributed by atoms with E-state index in [9.17, 15) is 4.79 Å². The molecule has 0 aliphatic heterocycles. The predicted octanol–water partition coefficient (Wildman–Crippen LogP) is 4.96. The minimum atomic E-state index is -0.288. The molecule has 0 bridgehead atoms. The summed E-state index contributed by atoms with van der Waals surface area (Å²) < 4.78 is 5.66. The fraction of sp³-hybridized carbons (Fsp3) is 0.318. The van der Waals surface area contributed by atoms with Crippen LogP contribution in [0.5, 0.6) is 5.75 Å². The number of carbonyl (C=O) groups excluding carboxylic acids is 1. The van der Waals surface area contributed by atoms with Crippen LogP contribution in [0.1, 0.15) is 32.2 Å². The summed E-state index contributed by atoms with van der Waals surface area (Å²) in [7, 11) is 0. The smallest absolute Gasteiger partial charge is 0.233 e. The standard InChI is InChI=1S/C22H25ClN4O2S/c1-22(2,3)27(13-16-7-5-4-6-8-16)20(28)15-30-21-24-19(25-26-21)14-29-18-11-9-17(23)10-12-18/h4-12H,13-15H2,1-3H3,(H,24,25,26). The van der Waals surface area contributed by atoms with E-state index in [4.69, 9.17) is 16.3 Å². The minimum Gasteiger partial charge on any atom is -0.486 e. The molecule has 0 aliphatic rings. The molecule has 1 amide bonds. The van der Waals surface area contributed by atoms with Crippen molar-refractivity contribution in [1.29, 1.82) is 0 Å². The number of aromatic amines is 1. The molecule has 2 aromatic carbocycles. The molecule has 0 fully saturated rings. The lowest BCUT2D eigenvalue weighted by Crippen LogP contribution is -2.45. The fourth-order valence-electron chi connectivity index (χ4n) is 2.76. The number of rotatable bonds is 8. The van der Waals surface area contributed by atoms with E-state index in [0.717, 1.165) is 5.56 Å². The van der Waals surface area contributed by atoms with E-state index in [1.54, 1.807) is 24.3 Å². The number of halogens is 1. The van der Waals surface area contributed by atoms with E-state index in [1.165, 1.54) is 11.8 Å². The number of H-pyrrole nitrogens is 1. The van der Waals surface area contributed by atoms with Gasteiger partial charge in [-0.1, -0.05) is 53.7 Å². The van der Waals surface area contributed by atoms with Gasteiger partial charge in [0.2, 0.25) is 11.1 Å². The van der Waals surface area contributed by atoms with E-state index in [2.05, 4.69) is 15.2 Å². The van der Waals surface area contributed by atoms with Crippen LogP contribution in [-0.2, 0) is 17.9 Å². The molecule has 8 heteroatoms. The van der Waals surface area contributed by atoms with Crippen molar-refractivity contribution in [3.05, 3.63) is 71.0 Å². The quantitative estimate of drug-likeness (QED) is 0.497. The molecular formula is C22H25ClN4O2S. The fourth-order valence-corrected chi connectivity index (χ4v) is 3.58. The first kappa shape index (κ1) is 22.2. The summed E-state index contributed by atoms with van der Waals surface area (Å²) >= 11 is 7.18. The van der Waals surface area contributed by atoms with Gasteiger partial charge in [0.05, 0.1) is 5.75 Å². The van der Waals surface area contributed by atoms with Gasteiger partial charge in [-0.05, 0) is 50.6 Å². The Morgan fingerprint density at radius 1 is 1.13 bits per heavy atom. The van der Waals surface area contributed by atoms with Crippen molar-refractivity contribution in [1.82, 2.24) is 20.1 Å². The second-order valence-electron chi connectivity index (χ2n) is 7.73. The summed E-state index contributed by atoms with van der Waals surface area (Å²) in [5, 5.41) is 8.20. The van der Waals surface area contributed by atoms with Crippen molar-refractivity contribution < 1.29 is 9.53 Å². The highest BCUT2D eigenvalue weighted by molar-refractivity contribution is 7.99. The number of amides is 1. The van der Waals surface area contributed by atoms with Gasteiger partial charge in [0, 0.05) is 17.1 Å². The molecule has 3 aromatic rings. The van der Waals surface area contributed by atoms with Crippen molar-refractivity contribution in [3.63, 3.8) is 0 Å². The van der Waals surface area contributed by atoms with Gasteiger partial charge in [0.1, 0.15) is 12.4 Å². The summed E-state index contributed by atoms with van der Waals surface area (Å²) in [6.45, 7) is 6.94. The maximum Gasteiger partial charge on any atom is 0.233 e. The maximum absolute atomic E-state index is 12.9. The number of carbonyl (C=O) groups is 1. The van der Waals surface area contributed by atoms with Gasteiger partial charge in [-0.15, -0.1) is 5.10 Å². The number of hydrogen-bond acceptors (Lipinski definition) is 5. The first-order valence-corrected chi connectivity index (χ1v) is 10.9. The Hall–Kier alpha value is -2.51. The third-order valence-corrected chi connectivity index (χ3v) is 5.40. The van der Waals surface area contributed by atoms with E-state index in [0.29, 0.717) is 28.3 Å². The van der Waals surface area contributed by atoms with Crippen LogP contribution in [0.3, 0.4) is 0 Å². The first-order chi connectivity index (χ1) is 14.3. The lowest BCUT2D eigenvalue weighted by Gasteiger charge is -2.35. The van der Waals surface area contributed by atoms with Gasteiger partial charge in [0.25, 0.3) is 0 Å². The first-order valence-electron chi connectivity index (χ1n) is 9.58. The molecule has 3 rings (SSSR count). The zero-order valence-electron chi connectivity index (χ0n) is 17.3. The lowest BCUT2D eigenvalue weighted by molar-refractivity contribution is -0.133. The Bertz CT molecular complexity index is 955. The van der Waals surface area contributed by atoms with Crippen molar-refractivity contribution in [2.45, 2.75) is 44.6 Å². The average molecular weight is 445 g/mol. The predicted molar refractivity (Wildman–Crippen MR) is 120 cm³/mol. The second kappa shape index (κ2) is 10.00. The number of hydrogen-bond donors (Lipinski definition) is 1. The topological polar surface area (TPSA) is 71.1 Å². The van der Waals surface area contributed by atoms with Crippen molar-refractivity contribution in [3.8, 4) is 5.75 Å². The van der Waals surface area contributed by atoms with Crippen LogP contribution in [0.4, 0.5) is 0 Å². The summed E-state index contributed by atoms with van der Waals surface area (Å²) in [4.78, 5) is 19.2. The van der Waals surface area contributed by atoms with Crippen LogP contribution >= 0.6 is 23.4 Å². The molecule has 1 N–H and O–H groups in total. The monoisotopic (exact) mass is 444 g/mol. The Morgan fingerprint density at radius 3 is 2.50 bits per heavy atom. The highest BCUT2D eigenvalue weighted by Crippen LogP contribution is 2.21. The molecule has 1 heterocycles. The lowest BCUT2D eigenvalue weighted by atomic mass is 10.0. The maximum atomic E-state index is 12.9. The molecule has 1 aromatic heterocycles. The van der Waals surface area contributed by atoms with E-state index < -0.39 is 0 Å².